The van der Waals surface area contributed by atoms with Gasteiger partial charge in [-0.1, -0.05) is 13.3 Å². The number of nitrogens with one attached hydrogen (secondary N) is 2. The molecule has 1 rings (SSSR count). The minimum atomic E-state index is -0.797. The van der Waals surface area contributed by atoms with Crippen LogP contribution in [-0.4, -0.2) is 36.6 Å². The van der Waals surface area contributed by atoms with Gasteiger partial charge in [0.25, 0.3) is 0 Å². The standard InChI is InChI=1S/C14H26N2O3/c1-2-11(8-14(18)19)10-16-13(17)6-5-12-4-3-7-15-9-12/h11-12,15H,2-10H2,1H3,(H,16,17)(H,18,19). The highest BCUT2D eigenvalue weighted by Crippen LogP contribution is 2.15. The topological polar surface area (TPSA) is 78.4 Å². The van der Waals surface area contributed by atoms with Crippen LogP contribution >= 0.6 is 0 Å². The second-order valence-corrected chi connectivity index (χ2v) is 5.43. The average molecular weight is 270 g/mol. The van der Waals surface area contributed by atoms with Crippen LogP contribution in [-0.2, 0) is 9.59 Å². The molecule has 0 radical (unpaired) electrons. The van der Waals surface area contributed by atoms with Crippen LogP contribution in [0.1, 0.15) is 45.4 Å². The molecule has 1 aliphatic rings. The third kappa shape index (κ3) is 7.15. The van der Waals surface area contributed by atoms with Crippen molar-refractivity contribution in [2.45, 2.75) is 45.4 Å². The maximum Gasteiger partial charge on any atom is 0.303 e. The van der Waals surface area contributed by atoms with Crippen LogP contribution in [0.2, 0.25) is 0 Å². The zero-order valence-corrected chi connectivity index (χ0v) is 11.8. The molecule has 0 aromatic carbocycles. The first kappa shape index (κ1) is 16.0. The number of piperidine rings is 1. The highest BCUT2D eigenvalue weighted by molar-refractivity contribution is 5.76. The summed E-state index contributed by atoms with van der Waals surface area (Å²) in [4.78, 5) is 22.3. The quantitative estimate of drug-likeness (QED) is 0.622. The highest BCUT2D eigenvalue weighted by atomic mass is 16.4. The van der Waals surface area contributed by atoms with E-state index < -0.39 is 5.97 Å². The smallest absolute Gasteiger partial charge is 0.303 e. The van der Waals surface area contributed by atoms with E-state index in [-0.39, 0.29) is 18.2 Å². The molecule has 110 valence electrons. The normalized spacial score (nSPS) is 20.8. The molecule has 0 aromatic heterocycles. The van der Waals surface area contributed by atoms with Crippen molar-refractivity contribution in [3.63, 3.8) is 0 Å². The van der Waals surface area contributed by atoms with E-state index in [0.29, 0.717) is 18.9 Å². The summed E-state index contributed by atoms with van der Waals surface area (Å²) in [5.74, 6) is -0.0953. The van der Waals surface area contributed by atoms with Gasteiger partial charge in [-0.25, -0.2) is 0 Å². The summed E-state index contributed by atoms with van der Waals surface area (Å²) < 4.78 is 0. The largest absolute Gasteiger partial charge is 0.481 e. The molecule has 19 heavy (non-hydrogen) atoms. The van der Waals surface area contributed by atoms with Crippen LogP contribution in [0.25, 0.3) is 0 Å². The fraction of sp³-hybridized carbons (Fsp3) is 0.857. The van der Waals surface area contributed by atoms with Crippen LogP contribution in [0.3, 0.4) is 0 Å². The lowest BCUT2D eigenvalue weighted by molar-refractivity contribution is -0.138. The Morgan fingerprint density at radius 3 is 2.84 bits per heavy atom. The summed E-state index contributed by atoms with van der Waals surface area (Å²) in [6.45, 7) is 4.54. The monoisotopic (exact) mass is 270 g/mol. The summed E-state index contributed by atoms with van der Waals surface area (Å²) in [5.41, 5.74) is 0. The Bertz CT molecular complexity index is 288. The van der Waals surface area contributed by atoms with E-state index in [4.69, 9.17) is 5.11 Å². The molecule has 1 fully saturated rings. The molecule has 1 saturated heterocycles. The van der Waals surface area contributed by atoms with Crippen molar-refractivity contribution < 1.29 is 14.7 Å². The molecule has 5 heteroatoms. The van der Waals surface area contributed by atoms with Gasteiger partial charge in [-0.05, 0) is 44.2 Å². The van der Waals surface area contributed by atoms with Gasteiger partial charge < -0.3 is 15.7 Å². The number of carboxylic acid groups (broad SMARTS) is 1. The van der Waals surface area contributed by atoms with Gasteiger partial charge in [0.15, 0.2) is 0 Å². The zero-order chi connectivity index (χ0) is 14.1. The molecule has 0 spiro atoms. The average Bonchev–Trinajstić information content (AvgIpc) is 2.42. The fourth-order valence-corrected chi connectivity index (χ4v) is 2.46. The minimum Gasteiger partial charge on any atom is -0.481 e. The molecule has 0 saturated carbocycles. The number of carbonyl (C=O) groups excluding carboxylic acids is 1. The molecule has 0 aliphatic carbocycles. The number of hydrogen-bond acceptors (Lipinski definition) is 3. The number of hydrogen-bond donors (Lipinski definition) is 3. The second kappa shape index (κ2) is 8.91. The number of aliphatic carboxylic acids is 1. The molecule has 0 aromatic rings. The lowest BCUT2D eigenvalue weighted by Crippen LogP contribution is -2.33. The number of amides is 1. The molecule has 1 aliphatic heterocycles. The first-order valence-electron chi connectivity index (χ1n) is 7.31. The predicted molar refractivity (Wildman–Crippen MR) is 73.9 cm³/mol. The van der Waals surface area contributed by atoms with Crippen molar-refractivity contribution in [1.29, 1.82) is 0 Å². The van der Waals surface area contributed by atoms with Gasteiger partial charge in [-0.3, -0.25) is 9.59 Å². The van der Waals surface area contributed by atoms with Gasteiger partial charge in [-0.15, -0.1) is 0 Å². The summed E-state index contributed by atoms with van der Waals surface area (Å²) in [6, 6.07) is 0. The first-order chi connectivity index (χ1) is 9.11. The molecule has 2 atom stereocenters. The van der Waals surface area contributed by atoms with Crippen LogP contribution in [0.15, 0.2) is 0 Å². The van der Waals surface area contributed by atoms with Crippen molar-refractivity contribution in [1.82, 2.24) is 10.6 Å². The Balaban J connectivity index is 2.13. The van der Waals surface area contributed by atoms with Crippen molar-refractivity contribution in [3.8, 4) is 0 Å². The Labute approximate surface area is 115 Å². The van der Waals surface area contributed by atoms with E-state index in [2.05, 4.69) is 10.6 Å². The van der Waals surface area contributed by atoms with Crippen LogP contribution in [0.4, 0.5) is 0 Å². The SMILES string of the molecule is CCC(CNC(=O)CCC1CCCNC1)CC(=O)O. The van der Waals surface area contributed by atoms with Gasteiger partial charge in [0, 0.05) is 19.4 Å². The van der Waals surface area contributed by atoms with E-state index in [1.165, 1.54) is 12.8 Å². The van der Waals surface area contributed by atoms with Crippen molar-refractivity contribution in [2.75, 3.05) is 19.6 Å². The van der Waals surface area contributed by atoms with E-state index in [1.807, 2.05) is 6.92 Å². The summed E-state index contributed by atoms with van der Waals surface area (Å²) >= 11 is 0. The molecular formula is C14H26N2O3. The van der Waals surface area contributed by atoms with Gasteiger partial charge in [0.1, 0.15) is 0 Å². The second-order valence-electron chi connectivity index (χ2n) is 5.43. The molecule has 3 N–H and O–H groups in total. The Morgan fingerprint density at radius 1 is 1.47 bits per heavy atom. The predicted octanol–water partition coefficient (Wildman–Crippen LogP) is 1.38. The van der Waals surface area contributed by atoms with Crippen molar-refractivity contribution in [2.24, 2.45) is 11.8 Å². The molecule has 5 nitrogen and oxygen atoms in total. The van der Waals surface area contributed by atoms with Crippen molar-refractivity contribution in [3.05, 3.63) is 0 Å². The van der Waals surface area contributed by atoms with Crippen molar-refractivity contribution >= 4 is 11.9 Å². The lowest BCUT2D eigenvalue weighted by atomic mass is 9.94. The zero-order valence-electron chi connectivity index (χ0n) is 11.8. The Morgan fingerprint density at radius 2 is 2.26 bits per heavy atom. The lowest BCUT2D eigenvalue weighted by Gasteiger charge is -2.22. The molecule has 1 heterocycles. The molecule has 0 bridgehead atoms. The maximum absolute atomic E-state index is 11.7. The van der Waals surface area contributed by atoms with Gasteiger partial charge in [-0.2, -0.15) is 0 Å². The van der Waals surface area contributed by atoms with Gasteiger partial charge in [0.2, 0.25) is 5.91 Å². The van der Waals surface area contributed by atoms with Gasteiger partial charge in [0.05, 0.1) is 0 Å². The van der Waals surface area contributed by atoms with E-state index in [0.717, 1.165) is 25.9 Å². The third-order valence-electron chi connectivity index (χ3n) is 3.81. The van der Waals surface area contributed by atoms with E-state index in [1.54, 1.807) is 0 Å². The number of rotatable bonds is 8. The molecular weight excluding hydrogens is 244 g/mol. The maximum atomic E-state index is 11.7. The van der Waals surface area contributed by atoms with Crippen LogP contribution in [0.5, 0.6) is 0 Å². The third-order valence-corrected chi connectivity index (χ3v) is 3.81. The fourth-order valence-electron chi connectivity index (χ4n) is 2.46. The van der Waals surface area contributed by atoms with E-state index >= 15 is 0 Å². The molecule has 2 unspecified atom stereocenters. The van der Waals surface area contributed by atoms with Crippen LogP contribution in [0, 0.1) is 11.8 Å². The Hall–Kier alpha value is -1.10. The minimum absolute atomic E-state index is 0.0396. The van der Waals surface area contributed by atoms with Crippen LogP contribution < -0.4 is 10.6 Å². The van der Waals surface area contributed by atoms with E-state index in [9.17, 15) is 9.59 Å². The Kier molecular flexibility index (Phi) is 7.48. The number of carboxylic acids is 1. The highest BCUT2D eigenvalue weighted by Gasteiger charge is 2.16. The summed E-state index contributed by atoms with van der Waals surface area (Å²) in [7, 11) is 0. The summed E-state index contributed by atoms with van der Waals surface area (Å²) in [6.07, 6.45) is 4.78. The molecule has 1 amide bonds. The number of carbonyl (C=O) groups is 2. The summed E-state index contributed by atoms with van der Waals surface area (Å²) in [5, 5.41) is 14.9. The van der Waals surface area contributed by atoms with Gasteiger partial charge >= 0.3 is 5.97 Å². The first-order valence-corrected chi connectivity index (χ1v) is 7.31.